The zero-order valence-electron chi connectivity index (χ0n) is 8.60. The van der Waals surface area contributed by atoms with Crippen molar-refractivity contribution < 1.29 is 4.74 Å². The van der Waals surface area contributed by atoms with Gasteiger partial charge in [-0.1, -0.05) is 18.2 Å². The van der Waals surface area contributed by atoms with E-state index < -0.39 is 0 Å². The summed E-state index contributed by atoms with van der Waals surface area (Å²) in [7, 11) is 0. The lowest BCUT2D eigenvalue weighted by Crippen LogP contribution is -2.17. The highest BCUT2D eigenvalue weighted by atomic mass is 79.9. The summed E-state index contributed by atoms with van der Waals surface area (Å²) in [5.41, 5.74) is 5.73. The van der Waals surface area contributed by atoms with Crippen molar-refractivity contribution in [2.24, 2.45) is 5.73 Å². The number of thiophene rings is 1. The first-order valence-electron chi connectivity index (χ1n) is 4.95. The molecule has 0 spiro atoms. The van der Waals surface area contributed by atoms with Gasteiger partial charge in [0.25, 0.3) is 0 Å². The Bertz CT molecular complexity index is 443. The van der Waals surface area contributed by atoms with Gasteiger partial charge in [-0.15, -0.1) is 11.3 Å². The minimum absolute atomic E-state index is 0.0706. The van der Waals surface area contributed by atoms with E-state index in [1.165, 1.54) is 0 Å². The lowest BCUT2D eigenvalue weighted by atomic mass is 10.3. The molecule has 1 aromatic carbocycles. The first kappa shape index (κ1) is 11.6. The summed E-state index contributed by atoms with van der Waals surface area (Å²) < 4.78 is 6.90. The topological polar surface area (TPSA) is 35.2 Å². The molecule has 2 rings (SSSR count). The summed E-state index contributed by atoms with van der Waals surface area (Å²) >= 11 is 5.08. The molecular formula is C12H12BrNOS. The number of hydrogen-bond donors (Lipinski definition) is 1. The molecule has 0 aliphatic heterocycles. The van der Waals surface area contributed by atoms with Crippen LogP contribution in [0, 0.1) is 0 Å². The van der Waals surface area contributed by atoms with Crippen molar-refractivity contribution in [3.8, 4) is 5.75 Å². The molecule has 0 saturated carbocycles. The summed E-state index contributed by atoms with van der Waals surface area (Å²) in [6, 6.07) is 11.8. The van der Waals surface area contributed by atoms with Crippen LogP contribution in [0.3, 0.4) is 0 Å². The average Bonchev–Trinajstić information content (AvgIpc) is 2.74. The van der Waals surface area contributed by atoms with E-state index in [-0.39, 0.29) is 6.10 Å². The van der Waals surface area contributed by atoms with Crippen molar-refractivity contribution >= 4 is 27.3 Å². The molecule has 84 valence electrons. The number of halogens is 1. The molecule has 2 N–H and O–H groups in total. The zero-order valence-corrected chi connectivity index (χ0v) is 11.0. The summed E-state index contributed by atoms with van der Waals surface area (Å²) in [5.74, 6) is 0.850. The number of nitrogens with two attached hydrogens (primary N) is 1. The second-order valence-electron chi connectivity index (χ2n) is 3.32. The van der Waals surface area contributed by atoms with Crippen LogP contribution >= 0.6 is 27.3 Å². The molecule has 0 aliphatic carbocycles. The third-order valence-electron chi connectivity index (χ3n) is 2.14. The Kier molecular flexibility index (Phi) is 3.98. The predicted octanol–water partition coefficient (Wildman–Crippen LogP) is 3.59. The molecular weight excluding hydrogens is 286 g/mol. The van der Waals surface area contributed by atoms with E-state index >= 15 is 0 Å². The van der Waals surface area contributed by atoms with Crippen LogP contribution in [0.5, 0.6) is 5.75 Å². The maximum Gasteiger partial charge on any atom is 0.145 e. The number of rotatable bonds is 4. The van der Waals surface area contributed by atoms with Crippen molar-refractivity contribution in [3.05, 3.63) is 51.1 Å². The summed E-state index contributed by atoms with van der Waals surface area (Å²) in [4.78, 5) is 1.14. The van der Waals surface area contributed by atoms with Gasteiger partial charge in [-0.2, -0.15) is 0 Å². The summed E-state index contributed by atoms with van der Waals surface area (Å²) in [5, 5.41) is 2.03. The number of hydrogen-bond acceptors (Lipinski definition) is 3. The molecule has 1 unspecified atom stereocenters. The SMILES string of the molecule is NCC(Oc1ccccc1)c1cc(Br)cs1. The maximum absolute atomic E-state index is 5.83. The van der Waals surface area contributed by atoms with E-state index in [9.17, 15) is 0 Å². The number of ether oxygens (including phenoxy) is 1. The number of benzene rings is 1. The fraction of sp³-hybridized carbons (Fsp3) is 0.167. The van der Waals surface area contributed by atoms with Crippen LogP contribution < -0.4 is 10.5 Å². The second kappa shape index (κ2) is 5.48. The van der Waals surface area contributed by atoms with Gasteiger partial charge in [-0.05, 0) is 34.1 Å². The van der Waals surface area contributed by atoms with Crippen molar-refractivity contribution in [1.29, 1.82) is 0 Å². The highest BCUT2D eigenvalue weighted by molar-refractivity contribution is 9.10. The minimum atomic E-state index is -0.0706. The van der Waals surface area contributed by atoms with E-state index in [0.29, 0.717) is 6.54 Å². The molecule has 0 saturated heterocycles. The van der Waals surface area contributed by atoms with Gasteiger partial charge in [-0.25, -0.2) is 0 Å². The largest absolute Gasteiger partial charge is 0.484 e. The van der Waals surface area contributed by atoms with Gasteiger partial charge < -0.3 is 10.5 Å². The van der Waals surface area contributed by atoms with Crippen LogP contribution in [0.2, 0.25) is 0 Å². The van der Waals surface area contributed by atoms with Crippen LogP contribution in [0.15, 0.2) is 46.3 Å². The summed E-state index contributed by atoms with van der Waals surface area (Å²) in [6.07, 6.45) is -0.0706. The van der Waals surface area contributed by atoms with Crippen molar-refractivity contribution in [3.63, 3.8) is 0 Å². The molecule has 0 bridgehead atoms. The van der Waals surface area contributed by atoms with E-state index in [4.69, 9.17) is 10.5 Å². The first-order valence-corrected chi connectivity index (χ1v) is 6.62. The lowest BCUT2D eigenvalue weighted by Gasteiger charge is -2.15. The van der Waals surface area contributed by atoms with Crippen LogP contribution in [-0.2, 0) is 0 Å². The van der Waals surface area contributed by atoms with Gasteiger partial charge in [-0.3, -0.25) is 0 Å². The third-order valence-corrected chi connectivity index (χ3v) is 3.93. The number of para-hydroxylation sites is 1. The molecule has 2 aromatic rings. The van der Waals surface area contributed by atoms with E-state index in [1.807, 2.05) is 41.8 Å². The Morgan fingerprint density at radius 2 is 2.06 bits per heavy atom. The van der Waals surface area contributed by atoms with Crippen LogP contribution in [-0.4, -0.2) is 6.54 Å². The fourth-order valence-corrected chi connectivity index (χ4v) is 2.87. The second-order valence-corrected chi connectivity index (χ2v) is 5.18. The zero-order chi connectivity index (χ0) is 11.4. The minimum Gasteiger partial charge on any atom is -0.484 e. The average molecular weight is 298 g/mol. The normalized spacial score (nSPS) is 12.4. The van der Waals surface area contributed by atoms with Gasteiger partial charge in [0.1, 0.15) is 11.9 Å². The molecule has 1 atom stereocenters. The Morgan fingerprint density at radius 3 is 2.62 bits per heavy atom. The van der Waals surface area contributed by atoms with Crippen molar-refractivity contribution in [2.45, 2.75) is 6.10 Å². The smallest absolute Gasteiger partial charge is 0.145 e. The summed E-state index contributed by atoms with van der Waals surface area (Å²) in [6.45, 7) is 0.474. The van der Waals surface area contributed by atoms with Gasteiger partial charge in [0, 0.05) is 21.3 Å². The monoisotopic (exact) mass is 297 g/mol. The van der Waals surface area contributed by atoms with Crippen LogP contribution in [0.4, 0.5) is 0 Å². The molecule has 0 radical (unpaired) electrons. The van der Waals surface area contributed by atoms with Crippen molar-refractivity contribution in [1.82, 2.24) is 0 Å². The molecule has 0 amide bonds. The van der Waals surface area contributed by atoms with Crippen molar-refractivity contribution in [2.75, 3.05) is 6.54 Å². The molecule has 0 fully saturated rings. The Balaban J connectivity index is 2.12. The lowest BCUT2D eigenvalue weighted by molar-refractivity contribution is 0.218. The van der Waals surface area contributed by atoms with Gasteiger partial charge >= 0.3 is 0 Å². The standard InChI is InChI=1S/C12H12BrNOS/c13-9-6-12(16-8-9)11(7-14)15-10-4-2-1-3-5-10/h1-6,8,11H,7,14H2. The highest BCUT2D eigenvalue weighted by Gasteiger charge is 2.13. The third kappa shape index (κ3) is 2.84. The predicted molar refractivity (Wildman–Crippen MR) is 70.9 cm³/mol. The van der Waals surface area contributed by atoms with Gasteiger partial charge in [0.2, 0.25) is 0 Å². The Morgan fingerprint density at radius 1 is 1.31 bits per heavy atom. The maximum atomic E-state index is 5.83. The van der Waals surface area contributed by atoms with Crippen LogP contribution in [0.25, 0.3) is 0 Å². The Hall–Kier alpha value is -0.840. The molecule has 4 heteroatoms. The molecule has 2 nitrogen and oxygen atoms in total. The highest BCUT2D eigenvalue weighted by Crippen LogP contribution is 2.28. The van der Waals surface area contributed by atoms with E-state index in [2.05, 4.69) is 15.9 Å². The van der Waals surface area contributed by atoms with Gasteiger partial charge in [0.05, 0.1) is 0 Å². The van der Waals surface area contributed by atoms with E-state index in [0.717, 1.165) is 15.1 Å². The van der Waals surface area contributed by atoms with E-state index in [1.54, 1.807) is 11.3 Å². The fourth-order valence-electron chi connectivity index (χ4n) is 1.38. The molecule has 16 heavy (non-hydrogen) atoms. The van der Waals surface area contributed by atoms with Gasteiger partial charge in [0.15, 0.2) is 0 Å². The first-order chi connectivity index (χ1) is 7.79. The molecule has 1 aromatic heterocycles. The quantitative estimate of drug-likeness (QED) is 0.936. The van der Waals surface area contributed by atoms with Crippen LogP contribution in [0.1, 0.15) is 11.0 Å². The Labute approximate surface area is 107 Å². The molecule has 1 heterocycles. The molecule has 0 aliphatic rings.